The predicted molar refractivity (Wildman–Crippen MR) is 85.8 cm³/mol. The van der Waals surface area contributed by atoms with Crippen LogP contribution in [0.25, 0.3) is 0 Å². The molecule has 23 heavy (non-hydrogen) atoms. The molecule has 0 radical (unpaired) electrons. The smallest absolute Gasteiger partial charge is 0.230 e. The van der Waals surface area contributed by atoms with Crippen molar-refractivity contribution in [3.8, 4) is 6.07 Å². The Morgan fingerprint density at radius 3 is 2.83 bits per heavy atom. The van der Waals surface area contributed by atoms with Crippen LogP contribution in [-0.4, -0.2) is 40.1 Å². The van der Waals surface area contributed by atoms with Crippen LogP contribution in [0.5, 0.6) is 0 Å². The minimum Gasteiger partial charge on any atom is -0.308 e. The standard InChI is InChI=1S/C17H23N5O/c18-10-13-15(11-6-7-11)20-21-16(13)19-17(23)12-4-3-9-22-8-2-1-5-14(12)22/h11-12,14H,1-9H2,(H2,19,20,21,23)/t12-,14-/m1/s1. The minimum atomic E-state index is 0.0247. The van der Waals surface area contributed by atoms with E-state index in [4.69, 9.17) is 0 Å². The Kier molecular flexibility index (Phi) is 3.82. The Morgan fingerprint density at radius 1 is 1.22 bits per heavy atom. The number of aromatic nitrogens is 2. The molecule has 2 atom stereocenters. The van der Waals surface area contributed by atoms with Crippen molar-refractivity contribution in [1.82, 2.24) is 15.1 Å². The van der Waals surface area contributed by atoms with Gasteiger partial charge in [-0.25, -0.2) is 0 Å². The maximum absolute atomic E-state index is 12.8. The summed E-state index contributed by atoms with van der Waals surface area (Å²) in [4.78, 5) is 15.3. The van der Waals surface area contributed by atoms with Gasteiger partial charge in [0.15, 0.2) is 5.82 Å². The normalized spacial score (nSPS) is 28.0. The van der Waals surface area contributed by atoms with E-state index in [-0.39, 0.29) is 11.8 Å². The summed E-state index contributed by atoms with van der Waals surface area (Å²) in [5.74, 6) is 0.905. The molecule has 0 bridgehead atoms. The van der Waals surface area contributed by atoms with Crippen LogP contribution in [0, 0.1) is 17.2 Å². The molecule has 1 amide bonds. The number of nitrogens with zero attached hydrogens (tertiary/aromatic N) is 3. The molecular weight excluding hydrogens is 290 g/mol. The van der Waals surface area contributed by atoms with E-state index in [9.17, 15) is 10.1 Å². The van der Waals surface area contributed by atoms with Gasteiger partial charge >= 0.3 is 0 Å². The number of aromatic amines is 1. The van der Waals surface area contributed by atoms with Crippen LogP contribution in [0.4, 0.5) is 5.82 Å². The highest BCUT2D eigenvalue weighted by atomic mass is 16.2. The molecule has 0 spiro atoms. The van der Waals surface area contributed by atoms with Gasteiger partial charge in [-0.3, -0.25) is 14.8 Å². The number of carbonyl (C=O) groups excluding carboxylic acids is 1. The van der Waals surface area contributed by atoms with Crippen molar-refractivity contribution in [1.29, 1.82) is 5.26 Å². The number of nitrogens with one attached hydrogen (secondary N) is 2. The number of H-pyrrole nitrogens is 1. The Morgan fingerprint density at radius 2 is 2.04 bits per heavy atom. The fourth-order valence-electron chi connectivity index (χ4n) is 4.20. The second-order valence-electron chi connectivity index (χ2n) is 7.08. The third kappa shape index (κ3) is 2.74. The lowest BCUT2D eigenvalue weighted by atomic mass is 9.83. The summed E-state index contributed by atoms with van der Waals surface area (Å²) in [5.41, 5.74) is 1.42. The second kappa shape index (κ2) is 5.97. The van der Waals surface area contributed by atoms with Gasteiger partial charge in [-0.15, -0.1) is 0 Å². The molecule has 4 rings (SSSR count). The van der Waals surface area contributed by atoms with Gasteiger partial charge in [0, 0.05) is 12.0 Å². The largest absolute Gasteiger partial charge is 0.308 e. The van der Waals surface area contributed by atoms with Crippen LogP contribution >= 0.6 is 0 Å². The van der Waals surface area contributed by atoms with Crippen LogP contribution in [-0.2, 0) is 4.79 Å². The third-order valence-corrected chi connectivity index (χ3v) is 5.56. The van der Waals surface area contributed by atoms with Crippen LogP contribution < -0.4 is 5.32 Å². The first kappa shape index (κ1) is 14.7. The van der Waals surface area contributed by atoms with Crippen LogP contribution in [0.1, 0.15) is 62.1 Å². The number of carbonyl (C=O) groups is 1. The highest BCUT2D eigenvalue weighted by Crippen LogP contribution is 2.42. The third-order valence-electron chi connectivity index (χ3n) is 5.56. The summed E-state index contributed by atoms with van der Waals surface area (Å²) in [6, 6.07) is 2.58. The average molecular weight is 313 g/mol. The highest BCUT2D eigenvalue weighted by molar-refractivity contribution is 5.93. The predicted octanol–water partition coefficient (Wildman–Crippen LogP) is 2.36. The Bertz CT molecular complexity index is 640. The van der Waals surface area contributed by atoms with E-state index in [1.165, 1.54) is 12.8 Å². The SMILES string of the molecule is N#Cc1c(NC(=O)[C@@H]2CCCN3CCCC[C@H]23)n[nH]c1C1CC1. The number of hydrogen-bond acceptors (Lipinski definition) is 4. The molecule has 2 N–H and O–H groups in total. The van der Waals surface area contributed by atoms with Crippen molar-refractivity contribution in [2.24, 2.45) is 5.92 Å². The second-order valence-corrected chi connectivity index (χ2v) is 7.08. The van der Waals surface area contributed by atoms with Crippen molar-refractivity contribution < 1.29 is 4.79 Å². The van der Waals surface area contributed by atoms with E-state index in [0.29, 0.717) is 23.3 Å². The topological polar surface area (TPSA) is 84.8 Å². The van der Waals surface area contributed by atoms with Gasteiger partial charge in [-0.2, -0.15) is 10.4 Å². The first-order valence-electron chi connectivity index (χ1n) is 8.81. The average Bonchev–Trinajstić information content (AvgIpc) is 3.35. The van der Waals surface area contributed by atoms with Gasteiger partial charge in [0.2, 0.25) is 5.91 Å². The molecule has 6 nitrogen and oxygen atoms in total. The summed E-state index contributed by atoms with van der Waals surface area (Å²) in [6.45, 7) is 2.23. The fraction of sp³-hybridized carbons (Fsp3) is 0.706. The zero-order valence-electron chi connectivity index (χ0n) is 13.3. The van der Waals surface area contributed by atoms with E-state index in [1.807, 2.05) is 0 Å². The summed E-state index contributed by atoms with van der Waals surface area (Å²) >= 11 is 0. The lowest BCUT2D eigenvalue weighted by molar-refractivity contribution is -0.124. The number of hydrogen-bond donors (Lipinski definition) is 2. The molecule has 0 aromatic carbocycles. The van der Waals surface area contributed by atoms with Gasteiger partial charge in [-0.1, -0.05) is 6.42 Å². The van der Waals surface area contributed by atoms with Crippen molar-refractivity contribution >= 4 is 11.7 Å². The molecule has 1 aliphatic carbocycles. The first-order valence-corrected chi connectivity index (χ1v) is 8.81. The summed E-state index contributed by atoms with van der Waals surface area (Å²) in [6.07, 6.45) is 7.78. The summed E-state index contributed by atoms with van der Waals surface area (Å²) in [5, 5.41) is 19.5. The molecule has 3 aliphatic rings. The van der Waals surface area contributed by atoms with Crippen molar-refractivity contribution in [3.63, 3.8) is 0 Å². The number of nitriles is 1. The zero-order valence-corrected chi connectivity index (χ0v) is 13.3. The van der Waals surface area contributed by atoms with Gasteiger partial charge in [0.1, 0.15) is 11.6 Å². The van der Waals surface area contributed by atoms with Crippen molar-refractivity contribution in [3.05, 3.63) is 11.3 Å². The maximum Gasteiger partial charge on any atom is 0.230 e. The lowest BCUT2D eigenvalue weighted by Crippen LogP contribution is -2.51. The van der Waals surface area contributed by atoms with Gasteiger partial charge in [0.05, 0.1) is 11.6 Å². The van der Waals surface area contributed by atoms with Crippen LogP contribution in [0.15, 0.2) is 0 Å². The van der Waals surface area contributed by atoms with Gasteiger partial charge < -0.3 is 5.32 Å². The molecule has 6 heteroatoms. The Balaban J connectivity index is 1.50. The molecular formula is C17H23N5O. The van der Waals surface area contributed by atoms with Crippen molar-refractivity contribution in [2.45, 2.75) is 56.9 Å². The number of rotatable bonds is 3. The van der Waals surface area contributed by atoms with E-state index in [1.54, 1.807) is 0 Å². The monoisotopic (exact) mass is 313 g/mol. The minimum absolute atomic E-state index is 0.0247. The van der Waals surface area contributed by atoms with Crippen molar-refractivity contribution in [2.75, 3.05) is 18.4 Å². The molecule has 3 heterocycles. The lowest BCUT2D eigenvalue weighted by Gasteiger charge is -2.43. The van der Waals surface area contributed by atoms with Gasteiger partial charge in [0.25, 0.3) is 0 Å². The molecule has 2 saturated heterocycles. The fourth-order valence-corrected chi connectivity index (χ4v) is 4.20. The van der Waals surface area contributed by atoms with Crippen LogP contribution in [0.3, 0.4) is 0 Å². The highest BCUT2D eigenvalue weighted by Gasteiger charge is 2.38. The molecule has 1 aromatic rings. The van der Waals surface area contributed by atoms with Crippen LogP contribution in [0.2, 0.25) is 0 Å². The maximum atomic E-state index is 12.8. The Hall–Kier alpha value is -1.87. The number of amides is 1. The molecule has 1 aromatic heterocycles. The number of fused-ring (bicyclic) bond motifs is 1. The molecule has 0 unspecified atom stereocenters. The quantitative estimate of drug-likeness (QED) is 0.897. The summed E-state index contributed by atoms with van der Waals surface area (Å²) < 4.78 is 0. The zero-order chi connectivity index (χ0) is 15.8. The molecule has 2 aliphatic heterocycles. The number of anilines is 1. The van der Waals surface area contributed by atoms with Gasteiger partial charge in [-0.05, 0) is 51.6 Å². The van der Waals surface area contributed by atoms with E-state index < -0.39 is 0 Å². The van der Waals surface area contributed by atoms with E-state index >= 15 is 0 Å². The number of piperidine rings is 2. The molecule has 3 fully saturated rings. The Labute approximate surface area is 136 Å². The van der Waals surface area contributed by atoms with E-state index in [2.05, 4.69) is 26.5 Å². The molecule has 1 saturated carbocycles. The first-order chi connectivity index (χ1) is 11.3. The molecule has 122 valence electrons. The summed E-state index contributed by atoms with van der Waals surface area (Å²) in [7, 11) is 0. The van der Waals surface area contributed by atoms with E-state index in [0.717, 1.165) is 50.9 Å².